The molecule has 0 bridgehead atoms. The van der Waals surface area contributed by atoms with E-state index in [4.69, 9.17) is 0 Å². The summed E-state index contributed by atoms with van der Waals surface area (Å²) in [5.41, 5.74) is 1.45. The zero-order valence-electron chi connectivity index (χ0n) is 11.6. The largest absolute Gasteiger partial charge is 0.231 e. The van der Waals surface area contributed by atoms with Crippen molar-refractivity contribution in [1.82, 2.24) is 19.9 Å². The Kier molecular flexibility index (Phi) is 3.35. The smallest absolute Gasteiger partial charge is 0.193 e. The number of rotatable bonds is 2. The highest BCUT2D eigenvalue weighted by atomic mass is 32.2. The van der Waals surface area contributed by atoms with Crippen molar-refractivity contribution < 1.29 is 0 Å². The van der Waals surface area contributed by atoms with Gasteiger partial charge in [-0.1, -0.05) is 6.92 Å². The summed E-state index contributed by atoms with van der Waals surface area (Å²) in [5.74, 6) is 0.770. The van der Waals surface area contributed by atoms with Crippen molar-refractivity contribution in [1.29, 1.82) is 0 Å². The molecule has 0 fully saturated rings. The van der Waals surface area contributed by atoms with E-state index >= 15 is 0 Å². The van der Waals surface area contributed by atoms with Crippen LogP contribution in [-0.2, 0) is 12.8 Å². The predicted octanol–water partition coefficient (Wildman–Crippen LogP) is 3.76. The van der Waals surface area contributed by atoms with E-state index < -0.39 is 0 Å². The summed E-state index contributed by atoms with van der Waals surface area (Å²) in [5, 5.41) is 2.95. The number of hydrogen-bond donors (Lipinski definition) is 0. The Labute approximate surface area is 131 Å². The van der Waals surface area contributed by atoms with E-state index in [0.717, 1.165) is 27.4 Å². The van der Waals surface area contributed by atoms with Crippen molar-refractivity contribution in [2.75, 3.05) is 0 Å². The second-order valence-electron chi connectivity index (χ2n) is 5.34. The Balaban J connectivity index is 1.82. The van der Waals surface area contributed by atoms with Gasteiger partial charge in [0.15, 0.2) is 5.16 Å². The molecule has 106 valence electrons. The quantitative estimate of drug-likeness (QED) is 0.532. The van der Waals surface area contributed by atoms with Crippen LogP contribution in [0.25, 0.3) is 10.2 Å². The molecular formula is C15H14N4S2. The summed E-state index contributed by atoms with van der Waals surface area (Å²) in [6.07, 6.45) is 8.73. The maximum absolute atomic E-state index is 4.48. The topological polar surface area (TPSA) is 51.6 Å². The van der Waals surface area contributed by atoms with Crippen LogP contribution in [0.5, 0.6) is 0 Å². The van der Waals surface area contributed by atoms with Crippen molar-refractivity contribution in [3.8, 4) is 0 Å². The van der Waals surface area contributed by atoms with E-state index in [1.54, 1.807) is 18.7 Å². The number of hydrogen-bond acceptors (Lipinski definition) is 6. The minimum absolute atomic E-state index is 0.738. The van der Waals surface area contributed by atoms with Gasteiger partial charge in [-0.25, -0.2) is 19.9 Å². The highest BCUT2D eigenvalue weighted by molar-refractivity contribution is 7.99. The normalized spacial score (nSPS) is 17.9. The van der Waals surface area contributed by atoms with E-state index in [1.165, 1.54) is 40.4 Å². The molecule has 6 heteroatoms. The van der Waals surface area contributed by atoms with Crippen molar-refractivity contribution in [2.45, 2.75) is 36.4 Å². The van der Waals surface area contributed by atoms with Crippen LogP contribution in [0.3, 0.4) is 0 Å². The molecule has 1 aliphatic carbocycles. The summed E-state index contributed by atoms with van der Waals surface area (Å²) < 4.78 is 0. The number of aromatic nitrogens is 4. The van der Waals surface area contributed by atoms with Crippen LogP contribution in [0.15, 0.2) is 35.0 Å². The van der Waals surface area contributed by atoms with Gasteiger partial charge in [0.1, 0.15) is 16.2 Å². The average Bonchev–Trinajstić information content (AvgIpc) is 2.86. The summed E-state index contributed by atoms with van der Waals surface area (Å²) in [6.45, 7) is 2.33. The third-order valence-corrected chi connectivity index (χ3v) is 5.85. The second kappa shape index (κ2) is 5.35. The standard InChI is InChI=1S/C15H14N4S2/c1-9-3-4-10-11(7-9)20-13-12(10)14(19-8-18-13)21-15-16-5-2-6-17-15/h2,5-6,8-9H,3-4,7H2,1H3/t9-/m1/s1. The Morgan fingerprint density at radius 1 is 1.19 bits per heavy atom. The fraction of sp³-hybridized carbons (Fsp3) is 0.333. The lowest BCUT2D eigenvalue weighted by Gasteiger charge is -2.17. The minimum atomic E-state index is 0.738. The Morgan fingerprint density at radius 2 is 2.05 bits per heavy atom. The fourth-order valence-electron chi connectivity index (χ4n) is 2.75. The number of thiophene rings is 1. The minimum Gasteiger partial charge on any atom is -0.231 e. The van der Waals surface area contributed by atoms with Gasteiger partial charge in [-0.15, -0.1) is 11.3 Å². The predicted molar refractivity (Wildman–Crippen MR) is 84.8 cm³/mol. The Morgan fingerprint density at radius 3 is 2.90 bits per heavy atom. The molecule has 0 saturated carbocycles. The maximum atomic E-state index is 4.48. The lowest BCUT2D eigenvalue weighted by molar-refractivity contribution is 0.509. The van der Waals surface area contributed by atoms with Crippen molar-refractivity contribution in [3.05, 3.63) is 35.2 Å². The second-order valence-corrected chi connectivity index (χ2v) is 7.38. The first-order chi connectivity index (χ1) is 10.3. The van der Waals surface area contributed by atoms with Gasteiger partial charge in [-0.2, -0.15) is 0 Å². The Bertz CT molecular complexity index is 785. The summed E-state index contributed by atoms with van der Waals surface area (Å²) in [7, 11) is 0. The molecule has 4 nitrogen and oxygen atoms in total. The first kappa shape index (κ1) is 13.2. The molecule has 1 atom stereocenters. The van der Waals surface area contributed by atoms with Crippen LogP contribution in [0.2, 0.25) is 0 Å². The van der Waals surface area contributed by atoms with Gasteiger partial charge in [0.25, 0.3) is 0 Å². The van der Waals surface area contributed by atoms with Gasteiger partial charge in [0.05, 0.1) is 0 Å². The molecule has 1 aliphatic rings. The zero-order chi connectivity index (χ0) is 14.2. The summed E-state index contributed by atoms with van der Waals surface area (Å²) >= 11 is 3.35. The van der Waals surface area contributed by atoms with E-state index in [1.807, 2.05) is 17.4 Å². The van der Waals surface area contributed by atoms with Crippen molar-refractivity contribution in [2.24, 2.45) is 5.92 Å². The molecule has 0 unspecified atom stereocenters. The Hall–Kier alpha value is -1.53. The van der Waals surface area contributed by atoms with E-state index in [-0.39, 0.29) is 0 Å². The molecule has 0 aromatic carbocycles. The third-order valence-electron chi connectivity index (χ3n) is 3.79. The lowest BCUT2D eigenvalue weighted by atomic mass is 9.89. The van der Waals surface area contributed by atoms with Gasteiger partial charge in [-0.05, 0) is 48.6 Å². The van der Waals surface area contributed by atoms with E-state index in [2.05, 4.69) is 26.9 Å². The molecule has 0 amide bonds. The first-order valence-electron chi connectivity index (χ1n) is 7.01. The molecule has 4 rings (SSSR count). The van der Waals surface area contributed by atoms with Crippen LogP contribution in [-0.4, -0.2) is 19.9 Å². The lowest BCUT2D eigenvalue weighted by Crippen LogP contribution is -2.08. The van der Waals surface area contributed by atoms with Crippen LogP contribution < -0.4 is 0 Å². The number of aryl methyl sites for hydroxylation is 1. The molecule has 3 heterocycles. The molecule has 0 aliphatic heterocycles. The van der Waals surface area contributed by atoms with Gasteiger partial charge in [0, 0.05) is 22.7 Å². The molecule has 3 aromatic rings. The molecule has 21 heavy (non-hydrogen) atoms. The van der Waals surface area contributed by atoms with Crippen molar-refractivity contribution >= 4 is 33.3 Å². The molecule has 0 saturated heterocycles. The third kappa shape index (κ3) is 2.42. The number of fused-ring (bicyclic) bond motifs is 3. The van der Waals surface area contributed by atoms with Gasteiger partial charge >= 0.3 is 0 Å². The summed E-state index contributed by atoms with van der Waals surface area (Å²) in [6, 6.07) is 1.83. The van der Waals surface area contributed by atoms with Crippen molar-refractivity contribution in [3.63, 3.8) is 0 Å². The van der Waals surface area contributed by atoms with Crippen LogP contribution in [0.1, 0.15) is 23.8 Å². The first-order valence-corrected chi connectivity index (χ1v) is 8.64. The fourth-order valence-corrected chi connectivity index (χ4v) is 4.98. The van der Waals surface area contributed by atoms with Gasteiger partial charge < -0.3 is 0 Å². The molecule has 0 radical (unpaired) electrons. The molecule has 0 N–H and O–H groups in total. The van der Waals surface area contributed by atoms with E-state index in [9.17, 15) is 0 Å². The van der Waals surface area contributed by atoms with Gasteiger partial charge in [0.2, 0.25) is 0 Å². The molecule has 0 spiro atoms. The highest BCUT2D eigenvalue weighted by Gasteiger charge is 2.23. The molecular weight excluding hydrogens is 300 g/mol. The van der Waals surface area contributed by atoms with Crippen LogP contribution in [0, 0.1) is 5.92 Å². The van der Waals surface area contributed by atoms with Gasteiger partial charge in [-0.3, -0.25) is 0 Å². The monoisotopic (exact) mass is 314 g/mol. The summed E-state index contributed by atoms with van der Waals surface area (Å²) in [4.78, 5) is 20.1. The van der Waals surface area contributed by atoms with Crippen LogP contribution >= 0.6 is 23.1 Å². The van der Waals surface area contributed by atoms with Crippen LogP contribution in [0.4, 0.5) is 0 Å². The molecule has 3 aromatic heterocycles. The zero-order valence-corrected chi connectivity index (χ0v) is 13.2. The SMILES string of the molecule is C[C@@H]1CCc2c(sc3ncnc(Sc4ncccn4)c23)C1. The highest BCUT2D eigenvalue weighted by Crippen LogP contribution is 2.41. The maximum Gasteiger partial charge on any atom is 0.193 e. The number of nitrogens with zero attached hydrogens (tertiary/aromatic N) is 4. The van der Waals surface area contributed by atoms with E-state index in [0.29, 0.717) is 0 Å². The average molecular weight is 314 g/mol.